The number of carboxylic acid groups (broad SMARTS) is 1. The van der Waals surface area contributed by atoms with Gasteiger partial charge in [-0.15, -0.1) is 0 Å². The van der Waals surface area contributed by atoms with Gasteiger partial charge in [0.1, 0.15) is 5.75 Å². The number of aromatic carboxylic acids is 1. The highest BCUT2D eigenvalue weighted by Crippen LogP contribution is 2.20. The molecule has 0 aliphatic heterocycles. The van der Waals surface area contributed by atoms with Crippen molar-refractivity contribution in [2.24, 2.45) is 0 Å². The summed E-state index contributed by atoms with van der Waals surface area (Å²) in [4.78, 5) is 22.6. The summed E-state index contributed by atoms with van der Waals surface area (Å²) >= 11 is 0. The summed E-state index contributed by atoms with van der Waals surface area (Å²) in [5.74, 6) is -0.928. The lowest BCUT2D eigenvalue weighted by Crippen LogP contribution is -2.11. The Morgan fingerprint density at radius 2 is 1.67 bits per heavy atom. The second kappa shape index (κ2) is 6.70. The Kier molecular flexibility index (Phi) is 4.72. The van der Waals surface area contributed by atoms with Gasteiger partial charge in [-0.05, 0) is 35.7 Å². The molecule has 0 radical (unpaired) electrons. The maximum Gasteiger partial charge on any atom is 0.335 e. The minimum absolute atomic E-state index is 0.0667. The molecule has 108 valence electrons. The minimum Gasteiger partial charge on any atom is -0.478 e. The van der Waals surface area contributed by atoms with E-state index < -0.39 is 5.97 Å². The van der Waals surface area contributed by atoms with E-state index in [1.807, 2.05) is 37.3 Å². The van der Waals surface area contributed by atoms with Crippen LogP contribution in [0.5, 0.6) is 5.75 Å². The third-order valence-electron chi connectivity index (χ3n) is 3.17. The first-order valence-electron chi connectivity index (χ1n) is 6.65. The van der Waals surface area contributed by atoms with Crippen LogP contribution < -0.4 is 4.74 Å². The van der Waals surface area contributed by atoms with Crippen LogP contribution in [0.25, 0.3) is 0 Å². The molecule has 0 amide bonds. The Bertz CT molecular complexity index is 617. The number of carbonyl (C=O) groups is 2. The van der Waals surface area contributed by atoms with E-state index in [1.54, 1.807) is 0 Å². The van der Waals surface area contributed by atoms with Crippen LogP contribution in [0, 0.1) is 0 Å². The van der Waals surface area contributed by atoms with Gasteiger partial charge in [0.25, 0.3) is 0 Å². The summed E-state index contributed by atoms with van der Waals surface area (Å²) in [5, 5.41) is 8.79. The van der Waals surface area contributed by atoms with Gasteiger partial charge in [-0.25, -0.2) is 4.79 Å². The fraction of sp³-hybridized carbons (Fsp3) is 0.176. The van der Waals surface area contributed by atoms with Crippen LogP contribution in [-0.2, 0) is 4.79 Å². The monoisotopic (exact) mass is 284 g/mol. The molecule has 0 saturated carbocycles. The summed E-state index contributed by atoms with van der Waals surface area (Å²) in [6.07, 6.45) is 0.269. The van der Waals surface area contributed by atoms with Crippen molar-refractivity contribution in [1.29, 1.82) is 0 Å². The normalized spacial score (nSPS) is 11.7. The van der Waals surface area contributed by atoms with E-state index >= 15 is 0 Å². The summed E-state index contributed by atoms with van der Waals surface area (Å²) < 4.78 is 5.21. The lowest BCUT2D eigenvalue weighted by atomic mass is 9.98. The highest BCUT2D eigenvalue weighted by Gasteiger charge is 2.13. The highest BCUT2D eigenvalue weighted by molar-refractivity contribution is 5.87. The Morgan fingerprint density at radius 3 is 2.24 bits per heavy atom. The van der Waals surface area contributed by atoms with Crippen molar-refractivity contribution in [2.75, 3.05) is 0 Å². The van der Waals surface area contributed by atoms with Crippen molar-refractivity contribution in [3.8, 4) is 5.75 Å². The Balaban J connectivity index is 1.94. The number of benzene rings is 2. The summed E-state index contributed by atoms with van der Waals surface area (Å²) in [5.41, 5.74) is 1.24. The average Bonchev–Trinajstić information content (AvgIpc) is 2.48. The second-order valence-electron chi connectivity index (χ2n) is 4.82. The fourth-order valence-corrected chi connectivity index (χ4v) is 1.99. The van der Waals surface area contributed by atoms with E-state index in [9.17, 15) is 9.59 Å². The molecule has 0 aliphatic rings. The van der Waals surface area contributed by atoms with Gasteiger partial charge >= 0.3 is 11.9 Å². The molecule has 2 rings (SSSR count). The lowest BCUT2D eigenvalue weighted by molar-refractivity contribution is -0.134. The van der Waals surface area contributed by atoms with E-state index in [0.29, 0.717) is 5.75 Å². The van der Waals surface area contributed by atoms with E-state index in [-0.39, 0.29) is 23.9 Å². The van der Waals surface area contributed by atoms with Crippen LogP contribution >= 0.6 is 0 Å². The van der Waals surface area contributed by atoms with Crippen LogP contribution in [0.1, 0.15) is 35.2 Å². The molecule has 2 aromatic rings. The van der Waals surface area contributed by atoms with Gasteiger partial charge in [0.05, 0.1) is 12.0 Å². The highest BCUT2D eigenvalue weighted by atomic mass is 16.5. The van der Waals surface area contributed by atoms with Crippen molar-refractivity contribution in [3.05, 3.63) is 65.7 Å². The molecule has 0 spiro atoms. The molecule has 2 aromatic carbocycles. The van der Waals surface area contributed by atoms with Gasteiger partial charge in [0, 0.05) is 0 Å². The zero-order valence-electron chi connectivity index (χ0n) is 11.7. The standard InChI is InChI=1S/C17H16O4/c1-12(13-5-3-2-4-6-13)11-16(18)21-15-9-7-14(8-10-15)17(19)20/h2-10,12H,11H2,1H3,(H,19,20). The molecule has 0 fully saturated rings. The lowest BCUT2D eigenvalue weighted by Gasteiger charge is -2.11. The number of esters is 1. The third-order valence-corrected chi connectivity index (χ3v) is 3.17. The van der Waals surface area contributed by atoms with E-state index in [4.69, 9.17) is 9.84 Å². The number of carbonyl (C=O) groups excluding carboxylic acids is 1. The molecular weight excluding hydrogens is 268 g/mol. The van der Waals surface area contributed by atoms with Gasteiger partial charge in [0.2, 0.25) is 0 Å². The van der Waals surface area contributed by atoms with Gasteiger partial charge in [-0.1, -0.05) is 37.3 Å². The van der Waals surface area contributed by atoms with Gasteiger partial charge in [0.15, 0.2) is 0 Å². The van der Waals surface area contributed by atoms with Crippen molar-refractivity contribution < 1.29 is 19.4 Å². The van der Waals surface area contributed by atoms with Gasteiger partial charge in [-0.2, -0.15) is 0 Å². The molecule has 1 unspecified atom stereocenters. The summed E-state index contributed by atoms with van der Waals surface area (Å²) in [6, 6.07) is 15.5. The average molecular weight is 284 g/mol. The molecule has 0 aliphatic carbocycles. The van der Waals surface area contributed by atoms with Gasteiger partial charge < -0.3 is 9.84 Å². The molecule has 4 nitrogen and oxygen atoms in total. The molecule has 1 atom stereocenters. The first-order valence-corrected chi connectivity index (χ1v) is 6.65. The number of ether oxygens (including phenoxy) is 1. The molecule has 0 aromatic heterocycles. The minimum atomic E-state index is -1.01. The van der Waals surface area contributed by atoms with Crippen LogP contribution in [0.4, 0.5) is 0 Å². The molecule has 0 heterocycles. The number of hydrogen-bond donors (Lipinski definition) is 1. The maximum atomic E-state index is 11.9. The first-order chi connectivity index (χ1) is 10.1. The molecule has 4 heteroatoms. The number of rotatable bonds is 5. The third kappa shape index (κ3) is 4.18. The molecule has 1 N–H and O–H groups in total. The van der Waals surface area contributed by atoms with Gasteiger partial charge in [-0.3, -0.25) is 4.79 Å². The van der Waals surface area contributed by atoms with Crippen molar-refractivity contribution >= 4 is 11.9 Å². The number of hydrogen-bond acceptors (Lipinski definition) is 3. The van der Waals surface area contributed by atoms with Crippen LogP contribution in [-0.4, -0.2) is 17.0 Å². The predicted octanol–water partition coefficient (Wildman–Crippen LogP) is 3.48. The smallest absolute Gasteiger partial charge is 0.335 e. The molecule has 0 bridgehead atoms. The molecular formula is C17H16O4. The Labute approximate surface area is 123 Å². The zero-order valence-corrected chi connectivity index (χ0v) is 11.7. The molecule has 0 saturated heterocycles. The first kappa shape index (κ1) is 14.8. The van der Waals surface area contributed by atoms with Crippen LogP contribution in [0.15, 0.2) is 54.6 Å². The fourth-order valence-electron chi connectivity index (χ4n) is 1.99. The topological polar surface area (TPSA) is 63.6 Å². The maximum absolute atomic E-state index is 11.9. The van der Waals surface area contributed by atoms with Crippen LogP contribution in [0.2, 0.25) is 0 Å². The van der Waals surface area contributed by atoms with Crippen LogP contribution in [0.3, 0.4) is 0 Å². The number of carboxylic acids is 1. The second-order valence-corrected chi connectivity index (χ2v) is 4.82. The van der Waals surface area contributed by atoms with Crippen molar-refractivity contribution in [1.82, 2.24) is 0 Å². The largest absolute Gasteiger partial charge is 0.478 e. The SMILES string of the molecule is CC(CC(=O)Oc1ccc(C(=O)O)cc1)c1ccccc1. The molecule has 21 heavy (non-hydrogen) atoms. The summed E-state index contributed by atoms with van der Waals surface area (Å²) in [6.45, 7) is 1.96. The Morgan fingerprint density at radius 1 is 1.05 bits per heavy atom. The van der Waals surface area contributed by atoms with Crippen molar-refractivity contribution in [2.45, 2.75) is 19.3 Å². The van der Waals surface area contributed by atoms with E-state index in [1.165, 1.54) is 24.3 Å². The van der Waals surface area contributed by atoms with E-state index in [2.05, 4.69) is 0 Å². The van der Waals surface area contributed by atoms with Crippen molar-refractivity contribution in [3.63, 3.8) is 0 Å². The summed E-state index contributed by atoms with van der Waals surface area (Å²) in [7, 11) is 0. The zero-order chi connectivity index (χ0) is 15.2. The quantitative estimate of drug-likeness (QED) is 0.674. The predicted molar refractivity (Wildman–Crippen MR) is 78.5 cm³/mol. The van der Waals surface area contributed by atoms with E-state index in [0.717, 1.165) is 5.56 Å². The Hall–Kier alpha value is -2.62.